The van der Waals surface area contributed by atoms with Crippen LogP contribution in [0.4, 0.5) is 0 Å². The van der Waals surface area contributed by atoms with E-state index in [-0.39, 0.29) is 50.8 Å². The van der Waals surface area contributed by atoms with Crippen LogP contribution in [0.5, 0.6) is 11.5 Å². The zero-order valence-electron chi connectivity index (χ0n) is 43.6. The van der Waals surface area contributed by atoms with Crippen LogP contribution < -0.4 is 9.47 Å². The van der Waals surface area contributed by atoms with Crippen LogP contribution in [0.25, 0.3) is 0 Å². The molecular weight excluding hydrogens is 893 g/mol. The molecule has 11 nitrogen and oxygen atoms in total. The molecule has 2 aliphatic rings. The summed E-state index contributed by atoms with van der Waals surface area (Å²) in [5.41, 5.74) is -1.17. The van der Waals surface area contributed by atoms with Crippen LogP contribution in [0.3, 0.4) is 0 Å². The van der Waals surface area contributed by atoms with E-state index in [0.29, 0.717) is 19.8 Å². The fraction of sp³-hybridized carbons (Fsp3) is 0.600. The van der Waals surface area contributed by atoms with E-state index in [1.54, 1.807) is 21.3 Å². The first-order valence-electron chi connectivity index (χ1n) is 24.3. The largest absolute Gasteiger partial charge is 0.502 e. The Kier molecular flexibility index (Phi) is 19.8. The lowest BCUT2D eigenvalue weighted by atomic mass is 9.62. The summed E-state index contributed by atoms with van der Waals surface area (Å²) in [6, 6.07) is 26.9. The van der Waals surface area contributed by atoms with Crippen LogP contribution in [0.1, 0.15) is 64.2 Å². The number of hydrogen-bond donors (Lipinski definition) is 1. The van der Waals surface area contributed by atoms with Crippen LogP contribution in [0, 0.1) is 16.7 Å². The third kappa shape index (κ3) is 13.7. The molecule has 68 heavy (non-hydrogen) atoms. The molecule has 5 rings (SSSR count). The normalized spacial score (nSPS) is 23.0. The van der Waals surface area contributed by atoms with Gasteiger partial charge in [-0.1, -0.05) is 115 Å². The van der Waals surface area contributed by atoms with E-state index in [1.807, 2.05) is 97.3 Å². The van der Waals surface area contributed by atoms with E-state index in [9.17, 15) is 5.11 Å². The van der Waals surface area contributed by atoms with Gasteiger partial charge < -0.3 is 52.2 Å². The summed E-state index contributed by atoms with van der Waals surface area (Å²) in [6.07, 6.45) is 8.09. The van der Waals surface area contributed by atoms with Crippen molar-refractivity contribution < 1.29 is 52.2 Å². The standard InChI is InChI=1S/C55H84O11Si2/c1-51(2,3)68(12,13)66-40-49(63-38-45-21-25-47(59-8)26-22-45)53(65-39-43-17-15-14-16-18-43,41-62-37-44-19-23-46(58-7)24-20-44)29-30-55(56)50(64-42-61-34-33-57-6)48-27-28-54(55,52(48,4)5)31-32-60-35-36-67(9,10)11/h14-26,29-32,48-50,56H,27-28,33-42H2,1-13H3/b30-29-,32-31-/t48-,49-,50-,53+,54-,55-/m1/s1. The molecule has 378 valence electrons. The Bertz CT molecular complexity index is 2010. The molecule has 0 spiro atoms. The second kappa shape index (κ2) is 24.2. The molecule has 2 bridgehead atoms. The third-order valence-corrected chi connectivity index (χ3v) is 21.1. The summed E-state index contributed by atoms with van der Waals surface area (Å²) in [7, 11) is 1.25. The van der Waals surface area contributed by atoms with Gasteiger partial charge in [0.05, 0.1) is 79.4 Å². The SMILES string of the molecule is COCCOCO[C@@H]1[C@H]2CC[C@@](/C=C\OCC[Si](C)(C)C)(C2(C)C)[C@@]1(O)/C=C\[C@@](COCc1ccc(OC)cc1)(OCc1ccccc1)[C@@H](CO[Si](C)(C)C(C)(C)C)OCc1ccc(OC)cc1. The Hall–Kier alpha value is -3.35. The van der Waals surface area contributed by atoms with Gasteiger partial charge in [-0.15, -0.1) is 0 Å². The second-order valence-corrected chi connectivity index (χ2v) is 32.3. The molecule has 0 amide bonds. The molecule has 13 heteroatoms. The Balaban J connectivity index is 1.69. The molecule has 0 radical (unpaired) electrons. The summed E-state index contributed by atoms with van der Waals surface area (Å²) in [5, 5.41) is 13.8. The smallest absolute Gasteiger partial charge is 0.192 e. The van der Waals surface area contributed by atoms with Gasteiger partial charge in [0.25, 0.3) is 0 Å². The lowest BCUT2D eigenvalue weighted by Gasteiger charge is -2.47. The highest BCUT2D eigenvalue weighted by molar-refractivity contribution is 6.76. The predicted molar refractivity (Wildman–Crippen MR) is 275 cm³/mol. The Morgan fingerprint density at radius 1 is 0.750 bits per heavy atom. The number of aliphatic hydroxyl groups is 1. The molecule has 1 N–H and O–H groups in total. The molecule has 2 saturated carbocycles. The lowest BCUT2D eigenvalue weighted by molar-refractivity contribution is -0.181. The molecular formula is C55H84O11Si2. The molecule has 3 aromatic rings. The summed E-state index contributed by atoms with van der Waals surface area (Å²) in [6.45, 7) is 25.2. The van der Waals surface area contributed by atoms with Crippen molar-refractivity contribution in [3.63, 3.8) is 0 Å². The highest BCUT2D eigenvalue weighted by Gasteiger charge is 2.74. The van der Waals surface area contributed by atoms with Crippen molar-refractivity contribution in [1.29, 1.82) is 0 Å². The third-order valence-electron chi connectivity index (χ3n) is 14.9. The molecule has 0 aromatic heterocycles. The average molecular weight is 977 g/mol. The second-order valence-electron chi connectivity index (χ2n) is 21.9. The Morgan fingerprint density at radius 2 is 1.37 bits per heavy atom. The van der Waals surface area contributed by atoms with Gasteiger partial charge in [0, 0.05) is 20.6 Å². The van der Waals surface area contributed by atoms with Crippen LogP contribution in [-0.2, 0) is 57.4 Å². The van der Waals surface area contributed by atoms with E-state index >= 15 is 0 Å². The Morgan fingerprint density at radius 3 is 1.96 bits per heavy atom. The lowest BCUT2D eigenvalue weighted by Crippen LogP contribution is -2.56. The highest BCUT2D eigenvalue weighted by Crippen LogP contribution is 2.71. The van der Waals surface area contributed by atoms with Gasteiger partial charge in [0.1, 0.15) is 35.6 Å². The fourth-order valence-corrected chi connectivity index (χ4v) is 11.1. The molecule has 0 saturated heterocycles. The first-order chi connectivity index (χ1) is 32.2. The van der Waals surface area contributed by atoms with Crippen molar-refractivity contribution in [1.82, 2.24) is 0 Å². The van der Waals surface area contributed by atoms with Gasteiger partial charge in [0.2, 0.25) is 0 Å². The van der Waals surface area contributed by atoms with Crippen molar-refractivity contribution in [2.75, 3.05) is 61.2 Å². The molecule has 2 fully saturated rings. The van der Waals surface area contributed by atoms with Crippen LogP contribution in [-0.4, -0.2) is 106 Å². The Labute approximate surface area is 410 Å². The van der Waals surface area contributed by atoms with Crippen molar-refractivity contribution in [3.8, 4) is 11.5 Å². The van der Waals surface area contributed by atoms with E-state index in [2.05, 4.69) is 73.4 Å². The zero-order valence-corrected chi connectivity index (χ0v) is 45.6. The minimum atomic E-state index is -2.36. The van der Waals surface area contributed by atoms with E-state index in [4.69, 9.17) is 47.1 Å². The highest BCUT2D eigenvalue weighted by atomic mass is 28.4. The van der Waals surface area contributed by atoms with Crippen molar-refractivity contribution >= 4 is 16.4 Å². The van der Waals surface area contributed by atoms with Crippen LogP contribution >= 0.6 is 0 Å². The number of benzene rings is 3. The summed E-state index contributed by atoms with van der Waals surface area (Å²) >= 11 is 0. The maximum atomic E-state index is 13.8. The van der Waals surface area contributed by atoms with Gasteiger partial charge in [-0.05, 0) is 101 Å². The maximum Gasteiger partial charge on any atom is 0.192 e. The summed E-state index contributed by atoms with van der Waals surface area (Å²) < 4.78 is 63.5. The number of ether oxygens (including phenoxy) is 9. The quantitative estimate of drug-likeness (QED) is 0.0236. The van der Waals surface area contributed by atoms with E-state index < -0.39 is 50.6 Å². The van der Waals surface area contributed by atoms with E-state index in [1.165, 1.54) is 0 Å². The fourth-order valence-electron chi connectivity index (χ4n) is 9.33. The van der Waals surface area contributed by atoms with Crippen molar-refractivity contribution in [3.05, 3.63) is 120 Å². The molecule has 0 aliphatic heterocycles. The predicted octanol–water partition coefficient (Wildman–Crippen LogP) is 11.4. The van der Waals surface area contributed by atoms with Crippen molar-refractivity contribution in [2.24, 2.45) is 16.7 Å². The number of fused-ring (bicyclic) bond motifs is 2. The minimum absolute atomic E-state index is 0.00215. The van der Waals surface area contributed by atoms with Gasteiger partial charge in [-0.2, -0.15) is 0 Å². The monoisotopic (exact) mass is 977 g/mol. The molecule has 3 aromatic carbocycles. The summed E-state index contributed by atoms with van der Waals surface area (Å²) in [5.74, 6) is 1.51. The van der Waals surface area contributed by atoms with Gasteiger partial charge in [-0.25, -0.2) is 0 Å². The number of hydrogen-bond acceptors (Lipinski definition) is 11. The first-order valence-corrected chi connectivity index (χ1v) is 30.9. The van der Waals surface area contributed by atoms with Crippen LogP contribution in [0.2, 0.25) is 43.8 Å². The first kappa shape index (κ1) is 55.6. The summed E-state index contributed by atoms with van der Waals surface area (Å²) in [4.78, 5) is 0. The topological polar surface area (TPSA) is 113 Å². The number of rotatable bonds is 29. The van der Waals surface area contributed by atoms with Crippen molar-refractivity contribution in [2.45, 2.75) is 135 Å². The van der Waals surface area contributed by atoms with Crippen LogP contribution in [0.15, 0.2) is 103 Å². The maximum absolute atomic E-state index is 13.8. The minimum Gasteiger partial charge on any atom is -0.502 e. The van der Waals surface area contributed by atoms with E-state index in [0.717, 1.165) is 47.1 Å². The molecule has 2 aliphatic carbocycles. The molecule has 0 unspecified atom stereocenters. The number of methoxy groups -OCH3 is 3. The molecule has 0 heterocycles. The molecule has 6 atom stereocenters. The van der Waals surface area contributed by atoms with Gasteiger partial charge in [0.15, 0.2) is 8.32 Å². The average Bonchev–Trinajstić information content (AvgIpc) is 3.64. The van der Waals surface area contributed by atoms with Gasteiger partial charge in [-0.3, -0.25) is 0 Å². The zero-order chi connectivity index (χ0) is 49.7. The van der Waals surface area contributed by atoms with Gasteiger partial charge >= 0.3 is 0 Å².